The molecular formula is C44H47F3N10O7S. The third kappa shape index (κ3) is 8.06. The average molecular weight is 917 g/mol. The highest BCUT2D eigenvalue weighted by Crippen LogP contribution is 2.44. The van der Waals surface area contributed by atoms with Crippen molar-refractivity contribution in [1.29, 1.82) is 5.26 Å². The highest BCUT2D eigenvalue weighted by molar-refractivity contribution is 7.90. The van der Waals surface area contributed by atoms with Gasteiger partial charge in [-0.25, -0.2) is 22.9 Å². The Bertz CT molecular complexity index is 2960. The lowest BCUT2D eigenvalue weighted by Crippen LogP contribution is -2.49. The van der Waals surface area contributed by atoms with Gasteiger partial charge in [-0.05, 0) is 92.8 Å². The molecular weight excluding hydrogens is 870 g/mol. The van der Waals surface area contributed by atoms with Crippen molar-refractivity contribution >= 4 is 55.5 Å². The topological polar surface area (TPSA) is 197 Å². The summed E-state index contributed by atoms with van der Waals surface area (Å²) in [6.07, 6.45) is 6.83. The van der Waals surface area contributed by atoms with Crippen LogP contribution in [0.25, 0.3) is 21.8 Å². The Balaban J connectivity index is 0.847. The monoisotopic (exact) mass is 916 g/mol. The molecule has 1 unspecified atom stereocenters. The smallest absolute Gasteiger partial charge is 0.329 e. The first-order valence-corrected chi connectivity index (χ1v) is 23.0. The summed E-state index contributed by atoms with van der Waals surface area (Å²) in [5.74, 6) is -3.82. The Labute approximate surface area is 371 Å². The molecule has 2 N–H and O–H groups in total. The number of halogens is 3. The summed E-state index contributed by atoms with van der Waals surface area (Å²) in [6.45, 7) is 3.64. The number of amides is 3. The maximum atomic E-state index is 16.3. The second-order valence-corrected chi connectivity index (χ2v) is 19.0. The van der Waals surface area contributed by atoms with Crippen LogP contribution in [0.2, 0.25) is 0 Å². The summed E-state index contributed by atoms with van der Waals surface area (Å²) in [4.78, 5) is 46.4. The van der Waals surface area contributed by atoms with E-state index in [0.29, 0.717) is 34.7 Å². The van der Waals surface area contributed by atoms with Gasteiger partial charge in [0.05, 0.1) is 41.3 Å². The number of benzene rings is 3. The predicted octanol–water partition coefficient (Wildman–Crippen LogP) is 5.94. The number of nitrogens with one attached hydrogen (secondary N) is 2. The van der Waals surface area contributed by atoms with Crippen LogP contribution < -0.4 is 25.2 Å². The maximum Gasteiger partial charge on any atom is 0.329 e. The van der Waals surface area contributed by atoms with E-state index in [-0.39, 0.29) is 55.0 Å². The molecule has 3 saturated heterocycles. The molecule has 3 aliphatic heterocycles. The molecule has 1 spiro atoms. The second-order valence-electron chi connectivity index (χ2n) is 17.2. The molecule has 9 rings (SSSR count). The summed E-state index contributed by atoms with van der Waals surface area (Å²) < 4.78 is 90.8. The molecule has 0 bridgehead atoms. The molecule has 0 radical (unpaired) electrons. The van der Waals surface area contributed by atoms with Crippen molar-refractivity contribution < 1.29 is 40.7 Å². The fraction of sp³-hybridized carbons (Fsp3) is 0.455. The summed E-state index contributed by atoms with van der Waals surface area (Å²) in [5, 5.41) is 16.8. The molecule has 1 saturated carbocycles. The lowest BCUT2D eigenvalue weighted by molar-refractivity contribution is -0.120. The first-order chi connectivity index (χ1) is 31.1. The van der Waals surface area contributed by atoms with Crippen LogP contribution in [0.15, 0.2) is 47.5 Å². The number of aromatic nitrogens is 4. The maximum absolute atomic E-state index is 16.3. The SMILES string of the molecule is CCN(C)S(=O)(=O)Nc1ccc(F)c(Oc2ccc3ncn(C4COC5(CCN(C6CCC(c7cc8c(cc7F)c(N7CCC(=O)NC7=O)nn8C)CC6)CC5)C4)c(=O)c3c2F)c1C#N. The number of anilines is 2. The van der Waals surface area contributed by atoms with Crippen molar-refractivity contribution in [2.75, 3.05) is 49.5 Å². The van der Waals surface area contributed by atoms with Crippen LogP contribution in [-0.4, -0.2) is 100 Å². The number of ether oxygens (including phenoxy) is 2. The highest BCUT2D eigenvalue weighted by atomic mass is 32.2. The van der Waals surface area contributed by atoms with Gasteiger partial charge in [0.2, 0.25) is 5.91 Å². The van der Waals surface area contributed by atoms with E-state index in [9.17, 15) is 28.1 Å². The fourth-order valence-corrected chi connectivity index (χ4v) is 10.7. The Morgan fingerprint density at radius 1 is 1.03 bits per heavy atom. The number of imide groups is 1. The van der Waals surface area contributed by atoms with Gasteiger partial charge in [-0.2, -0.15) is 23.1 Å². The molecule has 1 aliphatic carbocycles. The van der Waals surface area contributed by atoms with Crippen molar-refractivity contribution in [3.8, 4) is 17.6 Å². The van der Waals surface area contributed by atoms with Gasteiger partial charge < -0.3 is 14.4 Å². The van der Waals surface area contributed by atoms with E-state index >= 15 is 13.2 Å². The summed E-state index contributed by atoms with van der Waals surface area (Å²) in [5.41, 5.74) is -0.607. The van der Waals surface area contributed by atoms with Crippen LogP contribution in [0.4, 0.5) is 29.5 Å². The minimum atomic E-state index is -4.11. The van der Waals surface area contributed by atoms with Gasteiger partial charge in [0.1, 0.15) is 22.8 Å². The molecule has 342 valence electrons. The number of carbonyl (C=O) groups excluding carboxylic acids is 2. The normalized spacial score (nSPS) is 21.6. The molecule has 5 heterocycles. The Morgan fingerprint density at radius 3 is 2.49 bits per heavy atom. The number of fused-ring (bicyclic) bond motifs is 2. The first kappa shape index (κ1) is 44.1. The molecule has 21 heteroatoms. The summed E-state index contributed by atoms with van der Waals surface area (Å²) in [6, 6.07) is 8.77. The van der Waals surface area contributed by atoms with Crippen LogP contribution in [0.3, 0.4) is 0 Å². The van der Waals surface area contributed by atoms with Crippen LogP contribution in [0.5, 0.6) is 11.5 Å². The van der Waals surface area contributed by atoms with E-state index in [2.05, 4.69) is 25.0 Å². The molecule has 17 nitrogen and oxygen atoms in total. The molecule has 3 amide bonds. The molecule has 5 aromatic rings. The lowest BCUT2D eigenvalue weighted by Gasteiger charge is -2.44. The second kappa shape index (κ2) is 17.0. The molecule has 1 atom stereocenters. The number of likely N-dealkylation sites (tertiary alicyclic amines) is 1. The quantitative estimate of drug-likeness (QED) is 0.168. The first-order valence-electron chi connectivity index (χ1n) is 21.6. The average Bonchev–Trinajstić information content (AvgIpc) is 3.84. The van der Waals surface area contributed by atoms with Crippen LogP contribution in [0.1, 0.15) is 81.4 Å². The summed E-state index contributed by atoms with van der Waals surface area (Å²) >= 11 is 0. The molecule has 4 aliphatic rings. The number of nitriles is 1. The van der Waals surface area contributed by atoms with Gasteiger partial charge in [0, 0.05) is 58.1 Å². The fourth-order valence-electron chi connectivity index (χ4n) is 9.80. The van der Waals surface area contributed by atoms with E-state index in [1.165, 1.54) is 35.0 Å². The Morgan fingerprint density at radius 2 is 1.78 bits per heavy atom. The van der Waals surface area contributed by atoms with E-state index in [4.69, 9.17) is 9.47 Å². The zero-order valence-electron chi connectivity index (χ0n) is 35.9. The van der Waals surface area contributed by atoms with Gasteiger partial charge in [0.25, 0.3) is 5.56 Å². The zero-order chi connectivity index (χ0) is 45.9. The van der Waals surface area contributed by atoms with Crippen LogP contribution in [0, 0.1) is 28.8 Å². The number of hydrogen-bond donors (Lipinski definition) is 2. The zero-order valence-corrected chi connectivity index (χ0v) is 36.8. The third-order valence-electron chi connectivity index (χ3n) is 13.6. The highest BCUT2D eigenvalue weighted by Gasteiger charge is 2.45. The van der Waals surface area contributed by atoms with E-state index < -0.39 is 67.5 Å². The minimum Gasteiger partial charge on any atom is -0.450 e. The lowest BCUT2D eigenvalue weighted by atomic mass is 9.79. The van der Waals surface area contributed by atoms with Gasteiger partial charge in [-0.15, -0.1) is 0 Å². The van der Waals surface area contributed by atoms with Crippen molar-refractivity contribution in [1.82, 2.24) is 33.9 Å². The number of hydrogen-bond acceptors (Lipinski definition) is 11. The van der Waals surface area contributed by atoms with Crippen LogP contribution >= 0.6 is 0 Å². The Kier molecular flexibility index (Phi) is 11.6. The molecule has 65 heavy (non-hydrogen) atoms. The van der Waals surface area contributed by atoms with Gasteiger partial charge in [-0.3, -0.25) is 33.8 Å². The number of aryl methyl sites for hydroxylation is 1. The number of rotatable bonds is 10. The van der Waals surface area contributed by atoms with Crippen molar-refractivity contribution in [3.05, 3.63) is 81.7 Å². The van der Waals surface area contributed by atoms with E-state index in [1.807, 2.05) is 6.07 Å². The predicted molar refractivity (Wildman–Crippen MR) is 232 cm³/mol. The number of carbonyl (C=O) groups is 2. The van der Waals surface area contributed by atoms with Gasteiger partial charge in [-0.1, -0.05) is 6.92 Å². The molecule has 3 aromatic carbocycles. The molecule has 4 fully saturated rings. The standard InChI is InChI=1S/C44H47F3N10O7S/c1-4-53(2)65(61,62)52-33-10-9-31(45)40(30(33)22-48)64-36-12-11-34-38(39(36)47)42(59)57(24-49-34)27-21-44(63-23-27)14-17-55(18-15-44)26-7-5-25(6-8-26)28-20-35-29(19-32(28)46)41(51-54(35)3)56-16-13-37(58)50-43(56)60/h9-12,19-20,24-27,52H,4-8,13-18,21,23H2,1-3H3,(H,50,58,60). The number of urea groups is 1. The van der Waals surface area contributed by atoms with E-state index in [0.717, 1.165) is 74.1 Å². The van der Waals surface area contributed by atoms with Gasteiger partial charge in [0.15, 0.2) is 29.0 Å². The van der Waals surface area contributed by atoms with Crippen molar-refractivity contribution in [2.24, 2.45) is 7.05 Å². The largest absolute Gasteiger partial charge is 0.450 e. The van der Waals surface area contributed by atoms with Crippen molar-refractivity contribution in [3.63, 3.8) is 0 Å². The van der Waals surface area contributed by atoms with Crippen LogP contribution in [-0.2, 0) is 26.8 Å². The van der Waals surface area contributed by atoms with Gasteiger partial charge >= 0.3 is 16.2 Å². The van der Waals surface area contributed by atoms with Crippen molar-refractivity contribution in [2.45, 2.75) is 81.9 Å². The number of piperidine rings is 1. The number of nitrogens with zero attached hydrogens (tertiary/aromatic N) is 8. The molecule has 2 aromatic heterocycles. The minimum absolute atomic E-state index is 0.0185. The summed E-state index contributed by atoms with van der Waals surface area (Å²) in [7, 11) is -1.03. The van der Waals surface area contributed by atoms with E-state index in [1.54, 1.807) is 24.7 Å². The third-order valence-corrected chi connectivity index (χ3v) is 15.1. The Hall–Kier alpha value is -6.08.